The van der Waals surface area contributed by atoms with Gasteiger partial charge in [0.25, 0.3) is 11.4 Å². The molecule has 0 aliphatic heterocycles. The van der Waals surface area contributed by atoms with Crippen molar-refractivity contribution in [2.75, 3.05) is 5.32 Å². The van der Waals surface area contributed by atoms with Crippen LogP contribution in [0.15, 0.2) is 18.2 Å². The maximum atomic E-state index is 11.4. The quantitative estimate of drug-likeness (QED) is 0.651. The van der Waals surface area contributed by atoms with Crippen LogP contribution in [0.2, 0.25) is 0 Å². The lowest BCUT2D eigenvalue weighted by molar-refractivity contribution is -0.394. The molecule has 0 fully saturated rings. The molecule has 0 atom stereocenters. The molecule has 0 aliphatic rings. The van der Waals surface area contributed by atoms with Crippen molar-refractivity contribution in [2.24, 2.45) is 5.92 Å². The van der Waals surface area contributed by atoms with E-state index in [1.165, 1.54) is 0 Å². The van der Waals surface area contributed by atoms with Crippen LogP contribution in [-0.2, 0) is 4.79 Å². The van der Waals surface area contributed by atoms with Crippen LogP contribution in [0.3, 0.4) is 0 Å². The number of carbonyl (C=O) groups excluding carboxylic acids is 1. The van der Waals surface area contributed by atoms with Crippen molar-refractivity contribution >= 4 is 23.0 Å². The van der Waals surface area contributed by atoms with Gasteiger partial charge in [-0.05, 0) is 0 Å². The summed E-state index contributed by atoms with van der Waals surface area (Å²) < 4.78 is 0. The lowest BCUT2D eigenvalue weighted by atomic mass is 10.2. The standard InChI is InChI=1S/C10H11N3O5/c1-6(2)10(14)11-7-3-8(12(15)16)5-9(4-7)13(17)18/h3-6H,1-2H3,(H,11,14). The van der Waals surface area contributed by atoms with Crippen molar-refractivity contribution in [3.63, 3.8) is 0 Å². The summed E-state index contributed by atoms with van der Waals surface area (Å²) in [4.78, 5) is 31.2. The van der Waals surface area contributed by atoms with Crippen molar-refractivity contribution in [1.29, 1.82) is 0 Å². The molecule has 96 valence electrons. The van der Waals surface area contributed by atoms with E-state index < -0.39 is 21.2 Å². The van der Waals surface area contributed by atoms with Gasteiger partial charge in [0.15, 0.2) is 0 Å². The number of rotatable bonds is 4. The number of hydrogen-bond acceptors (Lipinski definition) is 5. The van der Waals surface area contributed by atoms with E-state index in [0.717, 1.165) is 18.2 Å². The maximum absolute atomic E-state index is 11.4. The predicted molar refractivity (Wildman–Crippen MR) is 63.2 cm³/mol. The number of nitro benzene ring substituents is 2. The third kappa shape index (κ3) is 3.24. The highest BCUT2D eigenvalue weighted by atomic mass is 16.6. The number of nitrogens with one attached hydrogen (secondary N) is 1. The van der Waals surface area contributed by atoms with Crippen LogP contribution in [0.4, 0.5) is 17.1 Å². The van der Waals surface area contributed by atoms with Gasteiger partial charge in [0.1, 0.15) is 0 Å². The highest BCUT2D eigenvalue weighted by Crippen LogP contribution is 2.26. The molecular formula is C10H11N3O5. The summed E-state index contributed by atoms with van der Waals surface area (Å²) in [5.74, 6) is -0.701. The molecule has 0 saturated heterocycles. The van der Waals surface area contributed by atoms with Crippen LogP contribution in [0.1, 0.15) is 13.8 Å². The molecule has 0 bridgehead atoms. The zero-order chi connectivity index (χ0) is 13.9. The van der Waals surface area contributed by atoms with Gasteiger partial charge in [-0.2, -0.15) is 0 Å². The number of carbonyl (C=O) groups is 1. The Morgan fingerprint density at radius 1 is 1.11 bits per heavy atom. The van der Waals surface area contributed by atoms with E-state index in [4.69, 9.17) is 0 Å². The Morgan fingerprint density at radius 2 is 1.56 bits per heavy atom. The van der Waals surface area contributed by atoms with Crippen LogP contribution < -0.4 is 5.32 Å². The summed E-state index contributed by atoms with van der Waals surface area (Å²) in [6, 6.07) is 2.99. The van der Waals surface area contributed by atoms with Crippen LogP contribution in [-0.4, -0.2) is 15.8 Å². The number of nitro groups is 2. The van der Waals surface area contributed by atoms with Crippen molar-refractivity contribution in [3.05, 3.63) is 38.4 Å². The highest BCUT2D eigenvalue weighted by Gasteiger charge is 2.18. The first-order chi connectivity index (χ1) is 8.31. The van der Waals surface area contributed by atoms with E-state index in [1.54, 1.807) is 13.8 Å². The Balaban J connectivity index is 3.15. The van der Waals surface area contributed by atoms with Gasteiger partial charge >= 0.3 is 0 Å². The largest absolute Gasteiger partial charge is 0.325 e. The SMILES string of the molecule is CC(C)C(=O)Nc1cc([N+](=O)[O-])cc([N+](=O)[O-])c1. The summed E-state index contributed by atoms with van der Waals surface area (Å²) in [6.45, 7) is 3.28. The number of non-ortho nitro benzene ring substituents is 2. The Hall–Kier alpha value is -2.51. The molecule has 8 heteroatoms. The molecule has 1 N–H and O–H groups in total. The number of anilines is 1. The summed E-state index contributed by atoms with van der Waals surface area (Å²) in [7, 11) is 0. The van der Waals surface area contributed by atoms with Crippen LogP contribution >= 0.6 is 0 Å². The lowest BCUT2D eigenvalue weighted by Crippen LogP contribution is -2.17. The molecule has 8 nitrogen and oxygen atoms in total. The Bertz CT molecular complexity index is 480. The first kappa shape index (κ1) is 13.6. The molecule has 0 unspecified atom stereocenters. The molecule has 0 aliphatic carbocycles. The Morgan fingerprint density at radius 3 is 1.89 bits per heavy atom. The lowest BCUT2D eigenvalue weighted by Gasteiger charge is -2.07. The number of amides is 1. The molecule has 1 aromatic rings. The van der Waals surface area contributed by atoms with Gasteiger partial charge < -0.3 is 5.32 Å². The zero-order valence-electron chi connectivity index (χ0n) is 9.75. The molecule has 0 spiro atoms. The van der Waals surface area contributed by atoms with Crippen molar-refractivity contribution < 1.29 is 14.6 Å². The van der Waals surface area contributed by atoms with Crippen molar-refractivity contribution in [2.45, 2.75) is 13.8 Å². The molecule has 1 rings (SSSR count). The third-order valence-electron chi connectivity index (χ3n) is 2.12. The van der Waals surface area contributed by atoms with E-state index in [1.807, 2.05) is 0 Å². The van der Waals surface area contributed by atoms with E-state index in [-0.39, 0.29) is 17.5 Å². The summed E-state index contributed by atoms with van der Waals surface area (Å²) in [5.41, 5.74) is -0.846. The van der Waals surface area contributed by atoms with Gasteiger partial charge in [0, 0.05) is 18.1 Å². The van der Waals surface area contributed by atoms with E-state index in [2.05, 4.69) is 5.32 Å². The summed E-state index contributed by atoms with van der Waals surface area (Å²) >= 11 is 0. The number of nitrogens with zero attached hydrogens (tertiary/aromatic N) is 2. The fraction of sp³-hybridized carbons (Fsp3) is 0.300. The second-order valence-electron chi connectivity index (χ2n) is 3.90. The molecular weight excluding hydrogens is 242 g/mol. The smallest absolute Gasteiger partial charge is 0.278 e. The predicted octanol–water partition coefficient (Wildman–Crippen LogP) is 2.10. The van der Waals surface area contributed by atoms with Gasteiger partial charge in [-0.3, -0.25) is 25.0 Å². The fourth-order valence-electron chi connectivity index (χ4n) is 1.16. The van der Waals surface area contributed by atoms with E-state index >= 15 is 0 Å². The average molecular weight is 253 g/mol. The summed E-state index contributed by atoms with van der Waals surface area (Å²) in [6.07, 6.45) is 0. The maximum Gasteiger partial charge on any atom is 0.278 e. The van der Waals surface area contributed by atoms with E-state index in [0.29, 0.717) is 0 Å². The topological polar surface area (TPSA) is 115 Å². The monoisotopic (exact) mass is 253 g/mol. The number of hydrogen-bond donors (Lipinski definition) is 1. The molecule has 0 radical (unpaired) electrons. The molecule has 0 saturated carbocycles. The second kappa shape index (κ2) is 5.21. The first-order valence-corrected chi connectivity index (χ1v) is 5.06. The summed E-state index contributed by atoms with van der Waals surface area (Å²) in [5, 5.41) is 23.6. The van der Waals surface area contributed by atoms with Gasteiger partial charge in [-0.1, -0.05) is 13.8 Å². The zero-order valence-corrected chi connectivity index (χ0v) is 9.75. The van der Waals surface area contributed by atoms with Crippen LogP contribution in [0.5, 0.6) is 0 Å². The van der Waals surface area contributed by atoms with Crippen LogP contribution in [0, 0.1) is 26.1 Å². The third-order valence-corrected chi connectivity index (χ3v) is 2.12. The van der Waals surface area contributed by atoms with E-state index in [9.17, 15) is 25.0 Å². The first-order valence-electron chi connectivity index (χ1n) is 5.06. The van der Waals surface area contributed by atoms with Gasteiger partial charge in [-0.15, -0.1) is 0 Å². The molecule has 1 aromatic carbocycles. The van der Waals surface area contributed by atoms with Gasteiger partial charge in [0.2, 0.25) is 5.91 Å². The van der Waals surface area contributed by atoms with Gasteiger partial charge in [-0.25, -0.2) is 0 Å². The number of benzene rings is 1. The second-order valence-corrected chi connectivity index (χ2v) is 3.90. The fourth-order valence-corrected chi connectivity index (χ4v) is 1.16. The highest BCUT2D eigenvalue weighted by molar-refractivity contribution is 5.92. The molecule has 18 heavy (non-hydrogen) atoms. The minimum absolute atomic E-state index is 0.0367. The van der Waals surface area contributed by atoms with Crippen molar-refractivity contribution in [3.8, 4) is 0 Å². The average Bonchev–Trinajstić information content (AvgIpc) is 2.28. The Kier molecular flexibility index (Phi) is 3.93. The molecule has 1 amide bonds. The van der Waals surface area contributed by atoms with Gasteiger partial charge in [0.05, 0.1) is 21.6 Å². The normalized spacial score (nSPS) is 10.2. The molecule has 0 heterocycles. The van der Waals surface area contributed by atoms with Crippen molar-refractivity contribution in [1.82, 2.24) is 0 Å². The minimum atomic E-state index is -0.752. The Labute approximate surface area is 102 Å². The molecule has 0 aromatic heterocycles. The van der Waals surface area contributed by atoms with Crippen LogP contribution in [0.25, 0.3) is 0 Å². The minimum Gasteiger partial charge on any atom is -0.325 e.